The van der Waals surface area contributed by atoms with Crippen molar-refractivity contribution in [2.75, 3.05) is 17.2 Å². The maximum absolute atomic E-state index is 15.0. The van der Waals surface area contributed by atoms with Crippen molar-refractivity contribution in [1.82, 2.24) is 39.5 Å². The molecule has 0 saturated carbocycles. The van der Waals surface area contributed by atoms with E-state index in [1.165, 1.54) is 49.2 Å². The highest BCUT2D eigenvalue weighted by atomic mass is 35.5. The van der Waals surface area contributed by atoms with E-state index in [0.29, 0.717) is 11.6 Å². The van der Waals surface area contributed by atoms with Crippen molar-refractivity contribution < 1.29 is 38.5 Å². The van der Waals surface area contributed by atoms with Crippen LogP contribution in [0.5, 0.6) is 5.75 Å². The SMILES string of the molecule is O=C(Nc1cc(CCOc2cc(NC(=O)c3ccc(-n4ccnc4)nn3)c(C(=O)O)cc2Cl)c(F)cc1C(=O)O)c1ccc(-n2ccnc2)nn1. The van der Waals surface area contributed by atoms with Gasteiger partial charge in [0.1, 0.15) is 24.2 Å². The molecule has 0 spiro atoms. The zero-order valence-corrected chi connectivity index (χ0v) is 26.5. The summed E-state index contributed by atoms with van der Waals surface area (Å²) in [6, 6.07) is 9.95. The van der Waals surface area contributed by atoms with E-state index in [1.807, 2.05) is 0 Å². The molecule has 0 aliphatic heterocycles. The summed E-state index contributed by atoms with van der Waals surface area (Å²) >= 11 is 6.28. The lowest BCUT2D eigenvalue weighted by molar-refractivity contribution is 0.0686. The Balaban J connectivity index is 1.16. The maximum Gasteiger partial charge on any atom is 0.337 e. The molecule has 0 atom stereocenters. The number of carboxylic acid groups (broad SMARTS) is 2. The lowest BCUT2D eigenvalue weighted by atomic mass is 10.1. The summed E-state index contributed by atoms with van der Waals surface area (Å²) in [7, 11) is 0. The predicted molar refractivity (Wildman–Crippen MR) is 175 cm³/mol. The van der Waals surface area contributed by atoms with Gasteiger partial charge in [0, 0.05) is 37.3 Å². The van der Waals surface area contributed by atoms with Crippen LogP contribution in [0.4, 0.5) is 15.8 Å². The standard InChI is InChI=1S/C32H22ClFN10O7/c33-20-12-18(31(47)48)25(38-30(46)23-2-4-28(42-40-23)44-9-7-36-16-44)14-26(20)51-10-5-17-11-24(19(32(49)50)13-21(17)34)37-29(45)22-1-3-27(41-39-22)43-8-6-35-15-43/h1-4,6-9,11-16H,5,10H2,(H,37,45)(H,38,46)(H,47,48)(H,49,50). The van der Waals surface area contributed by atoms with Gasteiger partial charge >= 0.3 is 11.9 Å². The molecule has 256 valence electrons. The molecule has 0 aliphatic carbocycles. The first-order valence-electron chi connectivity index (χ1n) is 14.6. The first kappa shape index (κ1) is 33.8. The number of halogens is 2. The van der Waals surface area contributed by atoms with Gasteiger partial charge in [-0.25, -0.2) is 23.9 Å². The molecule has 0 saturated heterocycles. The van der Waals surface area contributed by atoms with E-state index in [1.54, 1.807) is 27.7 Å². The second-order valence-corrected chi connectivity index (χ2v) is 10.8. The fraction of sp³-hybridized carbons (Fsp3) is 0.0625. The fourth-order valence-electron chi connectivity index (χ4n) is 4.64. The van der Waals surface area contributed by atoms with E-state index >= 15 is 4.39 Å². The van der Waals surface area contributed by atoms with Gasteiger partial charge in [0.25, 0.3) is 11.8 Å². The lowest BCUT2D eigenvalue weighted by Crippen LogP contribution is -2.18. The van der Waals surface area contributed by atoms with Crippen molar-refractivity contribution in [3.63, 3.8) is 0 Å². The fourth-order valence-corrected chi connectivity index (χ4v) is 4.85. The lowest BCUT2D eigenvalue weighted by Gasteiger charge is -2.15. The molecular formula is C32H22ClFN10O7. The average Bonchev–Trinajstić information content (AvgIpc) is 3.86. The molecule has 17 nitrogen and oxygen atoms in total. The minimum atomic E-state index is -1.49. The number of carbonyl (C=O) groups is 4. The number of hydrogen-bond acceptors (Lipinski definition) is 11. The Morgan fingerprint density at radius 2 is 1.27 bits per heavy atom. The topological polar surface area (TPSA) is 229 Å². The normalized spacial score (nSPS) is 10.8. The summed E-state index contributed by atoms with van der Waals surface area (Å²) in [5, 5.41) is 39.8. The molecule has 6 rings (SSSR count). The molecular weight excluding hydrogens is 691 g/mol. The summed E-state index contributed by atoms with van der Waals surface area (Å²) in [5.74, 6) is -4.61. The molecule has 0 fully saturated rings. The first-order valence-corrected chi connectivity index (χ1v) is 15.0. The Kier molecular flexibility index (Phi) is 9.67. The molecule has 6 aromatic rings. The van der Waals surface area contributed by atoms with Crippen LogP contribution in [0.1, 0.15) is 47.3 Å². The van der Waals surface area contributed by atoms with E-state index in [4.69, 9.17) is 16.3 Å². The number of nitrogens with zero attached hydrogens (tertiary/aromatic N) is 8. The van der Waals surface area contributed by atoms with Gasteiger partial charge in [0.15, 0.2) is 23.0 Å². The number of aromatic carboxylic acids is 2. The number of carbonyl (C=O) groups excluding carboxylic acids is 2. The number of nitrogens with one attached hydrogen (secondary N) is 2. The zero-order chi connectivity index (χ0) is 36.1. The summed E-state index contributed by atoms with van der Waals surface area (Å²) < 4.78 is 23.9. The number of hydrogen-bond donors (Lipinski definition) is 4. The monoisotopic (exact) mass is 712 g/mol. The van der Waals surface area contributed by atoms with Crippen LogP contribution in [-0.2, 0) is 6.42 Å². The molecule has 4 heterocycles. The maximum atomic E-state index is 15.0. The zero-order valence-electron chi connectivity index (χ0n) is 25.8. The molecule has 19 heteroatoms. The Labute approximate surface area is 290 Å². The van der Waals surface area contributed by atoms with Crippen molar-refractivity contribution in [3.8, 4) is 17.4 Å². The van der Waals surface area contributed by atoms with Crippen LogP contribution < -0.4 is 15.4 Å². The largest absolute Gasteiger partial charge is 0.492 e. The van der Waals surface area contributed by atoms with Gasteiger partial charge in [0.2, 0.25) is 0 Å². The Bertz CT molecular complexity index is 2090. The molecule has 4 N–H and O–H groups in total. The van der Waals surface area contributed by atoms with Gasteiger partial charge < -0.3 is 25.6 Å². The van der Waals surface area contributed by atoms with Crippen molar-refractivity contribution >= 4 is 46.7 Å². The van der Waals surface area contributed by atoms with E-state index in [0.717, 1.165) is 18.2 Å². The molecule has 0 bridgehead atoms. The molecule has 51 heavy (non-hydrogen) atoms. The molecule has 2 aromatic carbocycles. The van der Waals surface area contributed by atoms with Crippen LogP contribution in [0.3, 0.4) is 0 Å². The van der Waals surface area contributed by atoms with Gasteiger partial charge in [-0.15, -0.1) is 20.4 Å². The molecule has 0 unspecified atom stereocenters. The van der Waals surface area contributed by atoms with Crippen LogP contribution >= 0.6 is 11.6 Å². The van der Waals surface area contributed by atoms with Gasteiger partial charge in [-0.1, -0.05) is 11.6 Å². The van der Waals surface area contributed by atoms with Crippen LogP contribution in [-0.4, -0.2) is 80.1 Å². The number of anilines is 2. The van der Waals surface area contributed by atoms with Gasteiger partial charge in [-0.05, 0) is 48.0 Å². The van der Waals surface area contributed by atoms with E-state index in [2.05, 4.69) is 41.0 Å². The molecule has 0 aliphatic rings. The molecule has 2 amide bonds. The molecule has 4 aromatic heterocycles. The van der Waals surface area contributed by atoms with Crippen LogP contribution in [0, 0.1) is 5.82 Å². The van der Waals surface area contributed by atoms with Crippen molar-refractivity contribution in [1.29, 1.82) is 0 Å². The smallest absolute Gasteiger partial charge is 0.337 e. The second kappa shape index (κ2) is 14.6. The second-order valence-electron chi connectivity index (χ2n) is 10.4. The van der Waals surface area contributed by atoms with Gasteiger partial charge in [0.05, 0.1) is 34.1 Å². The van der Waals surface area contributed by atoms with E-state index in [9.17, 15) is 29.4 Å². The number of benzene rings is 2. The van der Waals surface area contributed by atoms with Crippen molar-refractivity contribution in [2.45, 2.75) is 6.42 Å². The van der Waals surface area contributed by atoms with Crippen LogP contribution in [0.2, 0.25) is 5.02 Å². The summed E-state index contributed by atoms with van der Waals surface area (Å²) in [5.41, 5.74) is -1.52. The summed E-state index contributed by atoms with van der Waals surface area (Å²) in [6.07, 6.45) is 9.18. The number of aromatic nitrogens is 8. The highest BCUT2D eigenvalue weighted by Crippen LogP contribution is 2.32. The third-order valence-corrected chi connectivity index (χ3v) is 7.44. The van der Waals surface area contributed by atoms with Gasteiger partial charge in [-0.2, -0.15) is 0 Å². The summed E-state index contributed by atoms with van der Waals surface area (Å²) in [4.78, 5) is 57.5. The first-order chi connectivity index (χ1) is 24.6. The highest BCUT2D eigenvalue weighted by Gasteiger charge is 2.21. The third kappa shape index (κ3) is 7.65. The number of carboxylic acids is 2. The van der Waals surface area contributed by atoms with Gasteiger partial charge in [-0.3, -0.25) is 18.7 Å². The minimum Gasteiger partial charge on any atom is -0.492 e. The Morgan fingerprint density at radius 3 is 1.75 bits per heavy atom. The van der Waals surface area contributed by atoms with Crippen LogP contribution in [0.25, 0.3) is 11.6 Å². The number of imidazole rings is 2. The quantitative estimate of drug-likeness (QED) is 0.141. The molecule has 0 radical (unpaired) electrons. The van der Waals surface area contributed by atoms with Crippen LogP contribution in [0.15, 0.2) is 86.0 Å². The van der Waals surface area contributed by atoms with E-state index in [-0.39, 0.29) is 57.7 Å². The average molecular weight is 713 g/mol. The number of ether oxygens (including phenoxy) is 1. The van der Waals surface area contributed by atoms with Crippen molar-refractivity contribution in [3.05, 3.63) is 125 Å². The third-order valence-electron chi connectivity index (χ3n) is 7.15. The highest BCUT2D eigenvalue weighted by molar-refractivity contribution is 6.32. The minimum absolute atomic E-state index is 0.0265. The number of rotatable bonds is 12. The summed E-state index contributed by atoms with van der Waals surface area (Å²) in [6.45, 7) is -0.237. The Morgan fingerprint density at radius 1 is 0.745 bits per heavy atom. The number of amides is 2. The van der Waals surface area contributed by atoms with E-state index < -0.39 is 35.1 Å². The predicted octanol–water partition coefficient (Wildman–Crippen LogP) is 3.95. The Hall–Kier alpha value is -7.08. The van der Waals surface area contributed by atoms with Crippen molar-refractivity contribution in [2.24, 2.45) is 0 Å².